The average molecular weight is 330 g/mol. The topological polar surface area (TPSA) is 117 Å². The Hall–Kier alpha value is -1.39. The monoisotopic (exact) mass is 330 g/mol. The number of primary sulfonamides is 1. The molecule has 116 valence electrons. The summed E-state index contributed by atoms with van der Waals surface area (Å²) in [5, 5.41) is 16.8. The molecule has 0 aromatic carbocycles. The Morgan fingerprint density at radius 2 is 2.00 bits per heavy atom. The molecular formula is C11H18N6O2S2. The summed E-state index contributed by atoms with van der Waals surface area (Å²) in [5.41, 5.74) is 0.806. The van der Waals surface area contributed by atoms with Crippen LogP contribution in [-0.2, 0) is 23.0 Å². The molecule has 2 aromatic heterocycles. The van der Waals surface area contributed by atoms with Crippen LogP contribution in [0.4, 0.5) is 0 Å². The van der Waals surface area contributed by atoms with E-state index in [2.05, 4.69) is 19.8 Å². The molecule has 0 atom stereocenters. The molecule has 0 unspecified atom stereocenters. The zero-order valence-corrected chi connectivity index (χ0v) is 13.8. The van der Waals surface area contributed by atoms with Crippen molar-refractivity contribution in [3.63, 3.8) is 0 Å². The van der Waals surface area contributed by atoms with E-state index in [1.165, 1.54) is 16.1 Å². The van der Waals surface area contributed by atoms with Gasteiger partial charge in [-0.3, -0.25) is 4.57 Å². The van der Waals surface area contributed by atoms with E-state index in [9.17, 15) is 8.42 Å². The lowest BCUT2D eigenvalue weighted by molar-refractivity contribution is 0.486. The van der Waals surface area contributed by atoms with E-state index in [1.54, 1.807) is 0 Å². The van der Waals surface area contributed by atoms with Crippen LogP contribution in [0.2, 0.25) is 0 Å². The van der Waals surface area contributed by atoms with Crippen LogP contribution in [-0.4, -0.2) is 32.8 Å². The second kappa shape index (κ2) is 6.16. The number of rotatable bonds is 6. The highest BCUT2D eigenvalue weighted by Crippen LogP contribution is 2.27. The van der Waals surface area contributed by atoms with Gasteiger partial charge in [0, 0.05) is 6.54 Å². The summed E-state index contributed by atoms with van der Waals surface area (Å²) >= 11 is 1.19. The summed E-state index contributed by atoms with van der Waals surface area (Å²) < 4.78 is 28.8. The first-order valence-electron chi connectivity index (χ1n) is 6.62. The van der Waals surface area contributed by atoms with Gasteiger partial charge in [-0.05, 0) is 23.9 Å². The van der Waals surface area contributed by atoms with Crippen LogP contribution >= 0.6 is 11.5 Å². The maximum Gasteiger partial charge on any atom is 0.273 e. The summed E-state index contributed by atoms with van der Waals surface area (Å²) in [7, 11) is -3.92. The van der Waals surface area contributed by atoms with E-state index in [-0.39, 0.29) is 11.1 Å². The highest BCUT2D eigenvalue weighted by molar-refractivity contribution is 7.89. The molecule has 0 saturated carbocycles. The Morgan fingerprint density at radius 3 is 2.57 bits per heavy atom. The Labute approximate surface area is 127 Å². The first-order chi connectivity index (χ1) is 9.84. The molecule has 0 aliphatic rings. The first-order valence-corrected chi connectivity index (χ1v) is 8.94. The van der Waals surface area contributed by atoms with Gasteiger partial charge in [0.2, 0.25) is 0 Å². The van der Waals surface area contributed by atoms with Crippen molar-refractivity contribution in [3.05, 3.63) is 5.69 Å². The van der Waals surface area contributed by atoms with E-state index < -0.39 is 10.0 Å². The lowest BCUT2D eigenvalue weighted by atomic mass is 10.2. The smallest absolute Gasteiger partial charge is 0.273 e. The average Bonchev–Trinajstić information content (AvgIpc) is 2.94. The molecule has 10 heteroatoms. The predicted octanol–water partition coefficient (Wildman–Crippen LogP) is 1.05. The van der Waals surface area contributed by atoms with Crippen molar-refractivity contribution in [2.75, 3.05) is 0 Å². The fourth-order valence-electron chi connectivity index (χ4n) is 1.98. The van der Waals surface area contributed by atoms with Gasteiger partial charge in [0.1, 0.15) is 4.88 Å². The van der Waals surface area contributed by atoms with Gasteiger partial charge in [-0.25, -0.2) is 13.6 Å². The van der Waals surface area contributed by atoms with Gasteiger partial charge in [-0.15, -0.1) is 15.3 Å². The molecule has 8 nitrogen and oxygen atoms in total. The largest absolute Gasteiger partial charge is 0.296 e. The number of aryl methyl sites for hydroxylation is 1. The van der Waals surface area contributed by atoms with Gasteiger partial charge in [-0.1, -0.05) is 31.7 Å². The molecule has 0 radical (unpaired) electrons. The summed E-state index contributed by atoms with van der Waals surface area (Å²) in [4.78, 5) is 0.750. The Bertz CT molecular complexity index is 719. The maximum absolute atomic E-state index is 11.7. The minimum absolute atomic E-state index is 0.218. The van der Waals surface area contributed by atoms with Gasteiger partial charge < -0.3 is 0 Å². The van der Waals surface area contributed by atoms with E-state index >= 15 is 0 Å². The minimum Gasteiger partial charge on any atom is -0.296 e. The number of sulfonamides is 1. The SMILES string of the molecule is CCCc1nnsc1-c1nnc(S(N)(=O)=O)n1CC(C)C. The second-order valence-electron chi connectivity index (χ2n) is 5.15. The standard InChI is InChI=1S/C11H18N6O2S2/c1-4-5-8-9(20-16-13-8)10-14-15-11(21(12,18)19)17(10)6-7(2)3/h7H,4-6H2,1-3H3,(H2,12,18,19). The number of nitrogens with two attached hydrogens (primary N) is 1. The van der Waals surface area contributed by atoms with Gasteiger partial charge >= 0.3 is 0 Å². The molecule has 2 aromatic rings. The molecule has 0 saturated heterocycles. The molecule has 0 spiro atoms. The molecule has 0 fully saturated rings. The Kier molecular flexibility index (Phi) is 4.69. The van der Waals surface area contributed by atoms with E-state index in [0.29, 0.717) is 12.4 Å². The number of nitrogens with zero attached hydrogens (tertiary/aromatic N) is 5. The van der Waals surface area contributed by atoms with Crippen molar-refractivity contribution < 1.29 is 8.42 Å². The molecular weight excluding hydrogens is 312 g/mol. The third kappa shape index (κ3) is 3.44. The molecule has 0 aliphatic carbocycles. The van der Waals surface area contributed by atoms with E-state index in [4.69, 9.17) is 5.14 Å². The highest BCUT2D eigenvalue weighted by Gasteiger charge is 2.25. The number of aromatic nitrogens is 5. The quantitative estimate of drug-likeness (QED) is 0.846. The lowest BCUT2D eigenvalue weighted by Crippen LogP contribution is -2.20. The molecule has 2 rings (SSSR count). The Balaban J connectivity index is 2.58. The minimum atomic E-state index is -3.92. The second-order valence-corrected chi connectivity index (χ2v) is 7.36. The fraction of sp³-hybridized carbons (Fsp3) is 0.636. The van der Waals surface area contributed by atoms with Crippen LogP contribution in [0.25, 0.3) is 10.7 Å². The van der Waals surface area contributed by atoms with Gasteiger partial charge in [-0.2, -0.15) is 0 Å². The fourth-order valence-corrected chi connectivity index (χ4v) is 3.30. The van der Waals surface area contributed by atoms with Crippen LogP contribution in [0, 0.1) is 5.92 Å². The van der Waals surface area contributed by atoms with E-state index in [1.807, 2.05) is 20.8 Å². The third-order valence-electron chi connectivity index (χ3n) is 2.76. The molecule has 2 heterocycles. The molecule has 0 aliphatic heterocycles. The predicted molar refractivity (Wildman–Crippen MR) is 79.1 cm³/mol. The molecule has 0 amide bonds. The van der Waals surface area contributed by atoms with Crippen LogP contribution < -0.4 is 5.14 Å². The van der Waals surface area contributed by atoms with Crippen molar-refractivity contribution in [1.29, 1.82) is 0 Å². The molecule has 21 heavy (non-hydrogen) atoms. The first kappa shape index (κ1) is 16.0. The summed E-state index contributed by atoms with van der Waals surface area (Å²) in [6, 6.07) is 0. The Morgan fingerprint density at radius 1 is 1.29 bits per heavy atom. The summed E-state index contributed by atoms with van der Waals surface area (Å²) in [6.45, 7) is 6.46. The zero-order valence-electron chi connectivity index (χ0n) is 12.1. The van der Waals surface area contributed by atoms with Gasteiger partial charge in [0.25, 0.3) is 15.2 Å². The highest BCUT2D eigenvalue weighted by atomic mass is 32.2. The van der Waals surface area contributed by atoms with Crippen molar-refractivity contribution in [3.8, 4) is 10.7 Å². The van der Waals surface area contributed by atoms with Crippen LogP contribution in [0.3, 0.4) is 0 Å². The number of hydrogen-bond donors (Lipinski definition) is 1. The summed E-state index contributed by atoms with van der Waals surface area (Å²) in [5.74, 6) is 0.682. The van der Waals surface area contributed by atoms with Gasteiger partial charge in [0.05, 0.1) is 5.69 Å². The third-order valence-corrected chi connectivity index (χ3v) is 4.34. The zero-order chi connectivity index (χ0) is 15.6. The van der Waals surface area contributed by atoms with Crippen molar-refractivity contribution in [2.45, 2.75) is 45.3 Å². The lowest BCUT2D eigenvalue weighted by Gasteiger charge is -2.11. The van der Waals surface area contributed by atoms with Crippen LogP contribution in [0.1, 0.15) is 32.9 Å². The number of hydrogen-bond acceptors (Lipinski definition) is 7. The van der Waals surface area contributed by atoms with Crippen LogP contribution in [0.5, 0.6) is 0 Å². The maximum atomic E-state index is 11.7. The van der Waals surface area contributed by atoms with Crippen molar-refractivity contribution in [2.24, 2.45) is 11.1 Å². The summed E-state index contributed by atoms with van der Waals surface area (Å²) in [6.07, 6.45) is 1.67. The normalized spacial score (nSPS) is 12.2. The van der Waals surface area contributed by atoms with Crippen molar-refractivity contribution >= 4 is 21.6 Å². The molecule has 0 bridgehead atoms. The van der Waals surface area contributed by atoms with Crippen LogP contribution in [0.15, 0.2) is 5.16 Å². The van der Waals surface area contributed by atoms with Gasteiger partial charge in [0.15, 0.2) is 5.82 Å². The van der Waals surface area contributed by atoms with E-state index in [0.717, 1.165) is 23.4 Å². The molecule has 2 N–H and O–H groups in total. The van der Waals surface area contributed by atoms with Crippen molar-refractivity contribution in [1.82, 2.24) is 24.4 Å².